The second kappa shape index (κ2) is 18.3. The molecule has 4 aromatic rings. The van der Waals surface area contributed by atoms with Crippen molar-refractivity contribution in [3.05, 3.63) is 134 Å². The Morgan fingerprint density at radius 1 is 0.868 bits per heavy atom. The zero-order valence-corrected chi connectivity index (χ0v) is 36.2. The number of halogens is 5. The number of nitrogens with zero attached hydrogens (tertiary/aromatic N) is 2. The summed E-state index contributed by atoms with van der Waals surface area (Å²) in [4.78, 5) is 4.47. The molecule has 9 heteroatoms. The Balaban J connectivity index is 0.000000173. The summed E-state index contributed by atoms with van der Waals surface area (Å²) in [5, 5.41) is 11.0. The van der Waals surface area contributed by atoms with E-state index in [0.717, 1.165) is 52.3 Å². The Morgan fingerprint density at radius 2 is 1.49 bits per heavy atom. The zero-order chi connectivity index (χ0) is 38.3. The molecule has 1 saturated carbocycles. The molecule has 1 N–H and O–H groups in total. The Morgan fingerprint density at radius 3 is 2.15 bits per heavy atom. The molecular weight excluding hydrogens is 885 g/mol. The van der Waals surface area contributed by atoms with Gasteiger partial charge in [-0.3, -0.25) is 0 Å². The van der Waals surface area contributed by atoms with Gasteiger partial charge in [0.05, 0.1) is 4.47 Å². The molecule has 0 saturated heterocycles. The first kappa shape index (κ1) is 41.5. The fourth-order valence-electron chi connectivity index (χ4n) is 7.25. The maximum Gasteiger partial charge on any atom is 0.137 e. The van der Waals surface area contributed by atoms with Crippen LogP contribution in [0.15, 0.2) is 98.0 Å². The number of phenols is 1. The molecule has 0 spiro atoms. The Kier molecular flexibility index (Phi) is 14.3. The summed E-state index contributed by atoms with van der Waals surface area (Å²) in [7, 11) is 0. The number of aromatic nitrogens is 1. The number of alkyl halides is 4. The van der Waals surface area contributed by atoms with Crippen molar-refractivity contribution in [3.63, 3.8) is 0 Å². The van der Waals surface area contributed by atoms with Gasteiger partial charge in [-0.15, -0.1) is 0 Å². The standard InChI is InChI=1S/C21H24Br2O.C10H12.C7H4F3N.C6H8N.Mo/c1-12-17(22)10-13-6-2-4-8-15(13)19(12)20-16-9-5-3-7-14(16)11-18(23)21(20)24;1-10(2,3)9-7-5-4-6-8-9;8-7(9,10)5-3-1-2-4-6(5)11;1-5-3-4-6(2)7-5;/h10-12,17,24H,2-9H2,1H3;1,4-8H,2-3H3;1-4H;3-4H,1-2H3;/q;;;-1;/t12?,17-;;;;/m0..../s1. The van der Waals surface area contributed by atoms with Crippen LogP contribution in [0.2, 0.25) is 0 Å². The third-order valence-electron chi connectivity index (χ3n) is 10.1. The molecule has 3 aromatic carbocycles. The van der Waals surface area contributed by atoms with Gasteiger partial charge < -0.3 is 10.1 Å². The van der Waals surface area contributed by atoms with Crippen molar-refractivity contribution in [2.45, 2.75) is 102 Å². The van der Waals surface area contributed by atoms with Crippen molar-refractivity contribution in [2.75, 3.05) is 0 Å². The van der Waals surface area contributed by atoms with Crippen LogP contribution in [0.3, 0.4) is 0 Å². The van der Waals surface area contributed by atoms with Crippen LogP contribution in [0.4, 0.5) is 18.9 Å². The average Bonchev–Trinajstić information content (AvgIpc) is 3.52. The van der Waals surface area contributed by atoms with E-state index in [1.807, 2.05) is 56.3 Å². The topological polar surface area (TPSA) is 46.7 Å². The predicted molar refractivity (Wildman–Crippen MR) is 216 cm³/mol. The van der Waals surface area contributed by atoms with Gasteiger partial charge in [0.15, 0.2) is 0 Å². The number of fused-ring (bicyclic) bond motifs is 2. The summed E-state index contributed by atoms with van der Waals surface area (Å²) in [6.07, 6.45) is 7.70. The number of aryl methyl sites for hydroxylation is 3. The van der Waals surface area contributed by atoms with E-state index in [2.05, 4.69) is 77.7 Å². The molecule has 0 amide bonds. The largest absolute Gasteiger partial charge is 0.665 e. The molecule has 1 unspecified atom stereocenters. The normalized spacial score (nSPS) is 18.3. The zero-order valence-electron chi connectivity index (χ0n) is 31.0. The van der Waals surface area contributed by atoms with E-state index in [9.17, 15) is 18.3 Å². The summed E-state index contributed by atoms with van der Waals surface area (Å²) < 4.78 is 45.9. The van der Waals surface area contributed by atoms with E-state index in [1.54, 1.807) is 6.07 Å². The van der Waals surface area contributed by atoms with Gasteiger partial charge in [0.1, 0.15) is 5.75 Å². The fourth-order valence-corrected chi connectivity index (χ4v) is 10.1. The minimum Gasteiger partial charge on any atom is -0.665 e. The van der Waals surface area contributed by atoms with E-state index in [1.165, 1.54) is 72.1 Å². The number of hydrogen-bond donors (Lipinski definition) is 1. The summed E-state index contributed by atoms with van der Waals surface area (Å²) in [6.45, 7) is 10.4. The monoisotopic (exact) mass is 933 g/mol. The summed E-state index contributed by atoms with van der Waals surface area (Å²) in [6, 6.07) is 21.6. The molecule has 0 bridgehead atoms. The van der Waals surface area contributed by atoms with Gasteiger partial charge in [-0.1, -0.05) is 54.9 Å². The molecule has 282 valence electrons. The van der Waals surface area contributed by atoms with Gasteiger partial charge in [0, 0.05) is 10.4 Å². The van der Waals surface area contributed by atoms with Crippen LogP contribution < -0.4 is 4.98 Å². The smallest absolute Gasteiger partial charge is 0.137 e. The van der Waals surface area contributed by atoms with Crippen LogP contribution in [0, 0.1) is 19.8 Å². The minimum atomic E-state index is -4.36. The molecule has 3 aliphatic carbocycles. The molecular formula is C44H48Br2F3MoN2O-. The molecule has 53 heavy (non-hydrogen) atoms. The molecule has 1 fully saturated rings. The SMILES string of the molecule is CC(C)([CH]=[Mo]=[N]c1ccccc1C(F)(F)F)c1ccccc1.CC1C(c2c(O)c(Br)cc3c2CCCC3)=C2CCCCC2=C[C@@H]1Br.Cc1ccc(C)[n-]1. The molecule has 1 aromatic heterocycles. The molecule has 3 aliphatic rings. The number of phenolic OH excluding ortho intramolecular Hbond substituents is 1. The molecule has 3 nitrogen and oxygen atoms in total. The number of aromatic hydroxyl groups is 1. The van der Waals surface area contributed by atoms with Crippen molar-refractivity contribution < 1.29 is 36.2 Å². The van der Waals surface area contributed by atoms with Crippen molar-refractivity contribution in [1.29, 1.82) is 0 Å². The van der Waals surface area contributed by atoms with E-state index in [4.69, 9.17) is 0 Å². The quantitative estimate of drug-likeness (QED) is 0.164. The second-order valence-corrected chi connectivity index (χ2v) is 18.1. The maximum absolute atomic E-state index is 12.9. The van der Waals surface area contributed by atoms with Gasteiger partial charge in [-0.25, -0.2) is 0 Å². The second-order valence-electron chi connectivity index (χ2n) is 14.6. The molecule has 7 rings (SSSR count). The van der Waals surface area contributed by atoms with Crippen molar-refractivity contribution in [2.24, 2.45) is 9.41 Å². The first-order chi connectivity index (χ1) is 25.2. The van der Waals surface area contributed by atoms with Crippen LogP contribution >= 0.6 is 31.9 Å². The molecule has 2 atom stereocenters. The first-order valence-electron chi connectivity index (χ1n) is 18.3. The molecule has 0 radical (unpaired) electrons. The summed E-state index contributed by atoms with van der Waals surface area (Å²) in [5.74, 6) is 0.851. The number of rotatable bonds is 4. The van der Waals surface area contributed by atoms with E-state index >= 15 is 0 Å². The van der Waals surface area contributed by atoms with Crippen molar-refractivity contribution in [1.82, 2.24) is 4.98 Å². The average molecular weight is 934 g/mol. The summed E-state index contributed by atoms with van der Waals surface area (Å²) >= 11 is 6.48. The fraction of sp³-hybridized carbons (Fsp3) is 0.386. The Labute approximate surface area is 337 Å². The molecule has 0 aliphatic heterocycles. The van der Waals surface area contributed by atoms with E-state index in [-0.39, 0.29) is 11.1 Å². The third-order valence-corrected chi connectivity index (χ3v) is 14.2. The third kappa shape index (κ3) is 10.6. The van der Waals surface area contributed by atoms with Gasteiger partial charge in [-0.05, 0) is 107 Å². The van der Waals surface area contributed by atoms with Gasteiger partial charge in [0.25, 0.3) is 0 Å². The van der Waals surface area contributed by atoms with Crippen LogP contribution in [0.1, 0.15) is 98.5 Å². The predicted octanol–water partition coefficient (Wildman–Crippen LogP) is 13.3. The summed E-state index contributed by atoms with van der Waals surface area (Å²) in [5.41, 5.74) is 11.0. The first-order valence-corrected chi connectivity index (χ1v) is 22.1. The van der Waals surface area contributed by atoms with Crippen molar-refractivity contribution >= 4 is 47.5 Å². The van der Waals surface area contributed by atoms with Crippen molar-refractivity contribution in [3.8, 4) is 5.75 Å². The van der Waals surface area contributed by atoms with E-state index < -0.39 is 29.7 Å². The van der Waals surface area contributed by atoms with Crippen LogP contribution in [0.5, 0.6) is 5.75 Å². The van der Waals surface area contributed by atoms with Gasteiger partial charge in [-0.2, -0.15) is 11.4 Å². The number of hydrogen-bond acceptors (Lipinski definition) is 2. The Hall–Kier alpha value is -2.67. The van der Waals surface area contributed by atoms with Crippen LogP contribution in [-0.4, -0.2) is 14.3 Å². The minimum absolute atomic E-state index is 0.0394. The van der Waals surface area contributed by atoms with Crippen LogP contribution in [0.25, 0.3) is 5.57 Å². The van der Waals surface area contributed by atoms with Crippen LogP contribution in [-0.2, 0) is 42.4 Å². The Bertz CT molecular complexity index is 2010. The number of allylic oxidation sites excluding steroid dienone is 4. The van der Waals surface area contributed by atoms with Gasteiger partial charge in [0.2, 0.25) is 0 Å². The molecule has 1 heterocycles. The number of benzene rings is 3. The van der Waals surface area contributed by atoms with E-state index in [0.29, 0.717) is 16.5 Å². The van der Waals surface area contributed by atoms with Gasteiger partial charge >= 0.3 is 136 Å². The maximum atomic E-state index is 12.9.